The predicted octanol–water partition coefficient (Wildman–Crippen LogP) is 3.31. The Morgan fingerprint density at radius 2 is 1.94 bits per heavy atom. The molecule has 0 amide bonds. The first kappa shape index (κ1) is 14.5. The first-order chi connectivity index (χ1) is 8.49. The van der Waals surface area contributed by atoms with Gasteiger partial charge in [-0.3, -0.25) is 0 Å². The van der Waals surface area contributed by atoms with E-state index < -0.39 is 0 Å². The number of methoxy groups -OCH3 is 1. The first-order valence-electron chi connectivity index (χ1n) is 5.97. The molecule has 4 heteroatoms. The van der Waals surface area contributed by atoms with Crippen molar-refractivity contribution in [3.63, 3.8) is 0 Å². The maximum absolute atomic E-state index is 13.9. The monoisotopic (exact) mass is 254 g/mol. The maximum atomic E-state index is 13.9. The molecule has 0 heterocycles. The molecule has 100 valence electrons. The second-order valence-electron chi connectivity index (χ2n) is 4.49. The number of halogens is 1. The Labute approximate surface area is 107 Å². The van der Waals surface area contributed by atoms with Gasteiger partial charge in [0.15, 0.2) is 11.5 Å². The van der Waals surface area contributed by atoms with Crippen LogP contribution >= 0.6 is 0 Å². The Morgan fingerprint density at radius 1 is 1.28 bits per heavy atom. The highest BCUT2D eigenvalue weighted by molar-refractivity contribution is 5.53. The average molecular weight is 254 g/mol. The van der Waals surface area contributed by atoms with Crippen LogP contribution in [0.4, 0.5) is 4.39 Å². The summed E-state index contributed by atoms with van der Waals surface area (Å²) in [6.45, 7) is 5.52. The van der Waals surface area contributed by atoms with Crippen LogP contribution in [-0.2, 0) is 4.79 Å². The Hall–Kier alpha value is -1.58. The lowest BCUT2D eigenvalue weighted by atomic mass is 9.97. The number of ether oxygens (including phenoxy) is 2. The van der Waals surface area contributed by atoms with Gasteiger partial charge >= 0.3 is 0 Å². The zero-order valence-electron chi connectivity index (χ0n) is 11.2. The third-order valence-electron chi connectivity index (χ3n) is 2.63. The second kappa shape index (κ2) is 6.38. The normalized spacial score (nSPS) is 12.3. The van der Waals surface area contributed by atoms with E-state index in [1.165, 1.54) is 13.2 Å². The van der Waals surface area contributed by atoms with E-state index in [4.69, 9.17) is 9.47 Å². The lowest BCUT2D eigenvalue weighted by Gasteiger charge is -2.17. The lowest BCUT2D eigenvalue weighted by molar-refractivity contribution is -0.108. The number of hydrogen-bond donors (Lipinski definition) is 0. The van der Waals surface area contributed by atoms with Crippen LogP contribution in [0.3, 0.4) is 0 Å². The van der Waals surface area contributed by atoms with Gasteiger partial charge in [-0.2, -0.15) is 0 Å². The minimum atomic E-state index is -0.374. The Morgan fingerprint density at radius 3 is 2.44 bits per heavy atom. The standard InChI is InChI=1S/C14H19FO3/c1-9(2)18-14-8-12(15)11(7-13(14)17-4)10(3)5-6-16/h6-10H,5H2,1-4H3. The fourth-order valence-corrected chi connectivity index (χ4v) is 1.71. The molecule has 0 bridgehead atoms. The summed E-state index contributed by atoms with van der Waals surface area (Å²) in [7, 11) is 1.51. The minimum absolute atomic E-state index is 0.0588. The number of rotatable bonds is 6. The molecule has 0 N–H and O–H groups in total. The van der Waals surface area contributed by atoms with Gasteiger partial charge in [0.25, 0.3) is 0 Å². The maximum Gasteiger partial charge on any atom is 0.164 e. The van der Waals surface area contributed by atoms with Crippen LogP contribution in [0.2, 0.25) is 0 Å². The quantitative estimate of drug-likeness (QED) is 0.730. The van der Waals surface area contributed by atoms with Gasteiger partial charge in [0.1, 0.15) is 12.1 Å². The molecule has 0 radical (unpaired) electrons. The van der Waals surface area contributed by atoms with Crippen LogP contribution in [0.1, 0.15) is 38.7 Å². The van der Waals surface area contributed by atoms with Crippen molar-refractivity contribution in [2.24, 2.45) is 0 Å². The van der Waals surface area contributed by atoms with Crippen molar-refractivity contribution in [2.75, 3.05) is 7.11 Å². The molecule has 0 saturated carbocycles. The number of aldehydes is 1. The van der Waals surface area contributed by atoms with Gasteiger partial charge in [0.05, 0.1) is 13.2 Å². The van der Waals surface area contributed by atoms with Crippen molar-refractivity contribution >= 4 is 6.29 Å². The summed E-state index contributed by atoms with van der Waals surface area (Å²) in [5.74, 6) is 0.315. The van der Waals surface area contributed by atoms with Crippen molar-refractivity contribution in [3.05, 3.63) is 23.5 Å². The van der Waals surface area contributed by atoms with E-state index in [1.807, 2.05) is 13.8 Å². The average Bonchev–Trinajstić information content (AvgIpc) is 2.28. The molecular weight excluding hydrogens is 235 g/mol. The molecular formula is C14H19FO3. The van der Waals surface area contributed by atoms with Gasteiger partial charge in [0.2, 0.25) is 0 Å². The molecule has 0 aliphatic carbocycles. The molecule has 1 rings (SSSR count). The van der Waals surface area contributed by atoms with Crippen LogP contribution in [-0.4, -0.2) is 19.5 Å². The number of carbonyl (C=O) groups excluding carboxylic acids is 1. The Kier molecular flexibility index (Phi) is 5.13. The van der Waals surface area contributed by atoms with Gasteiger partial charge < -0.3 is 14.3 Å². The minimum Gasteiger partial charge on any atom is -0.493 e. The van der Waals surface area contributed by atoms with Crippen molar-refractivity contribution in [3.8, 4) is 11.5 Å². The van der Waals surface area contributed by atoms with E-state index in [-0.39, 0.29) is 24.3 Å². The summed E-state index contributed by atoms with van der Waals surface area (Å²) in [5, 5.41) is 0. The number of hydrogen-bond acceptors (Lipinski definition) is 3. The first-order valence-corrected chi connectivity index (χ1v) is 5.97. The van der Waals surface area contributed by atoms with Gasteiger partial charge in [-0.05, 0) is 31.4 Å². The molecule has 1 aromatic carbocycles. The highest BCUT2D eigenvalue weighted by Crippen LogP contribution is 2.34. The van der Waals surface area contributed by atoms with E-state index in [0.717, 1.165) is 6.29 Å². The van der Waals surface area contributed by atoms with E-state index in [2.05, 4.69) is 0 Å². The highest BCUT2D eigenvalue weighted by atomic mass is 19.1. The smallest absolute Gasteiger partial charge is 0.164 e. The van der Waals surface area contributed by atoms with Crippen LogP contribution < -0.4 is 9.47 Å². The molecule has 0 spiro atoms. The molecule has 0 aliphatic heterocycles. The van der Waals surface area contributed by atoms with Crippen LogP contribution in [0, 0.1) is 5.82 Å². The van der Waals surface area contributed by atoms with Crippen molar-refractivity contribution in [1.82, 2.24) is 0 Å². The lowest BCUT2D eigenvalue weighted by Crippen LogP contribution is -2.08. The van der Waals surface area contributed by atoms with Gasteiger partial charge in [-0.15, -0.1) is 0 Å². The molecule has 0 aliphatic rings. The molecule has 0 aromatic heterocycles. The van der Waals surface area contributed by atoms with Crippen molar-refractivity contribution in [1.29, 1.82) is 0 Å². The topological polar surface area (TPSA) is 35.5 Å². The third-order valence-corrected chi connectivity index (χ3v) is 2.63. The highest BCUT2D eigenvalue weighted by Gasteiger charge is 2.16. The van der Waals surface area contributed by atoms with Crippen LogP contribution in [0.25, 0.3) is 0 Å². The summed E-state index contributed by atoms with van der Waals surface area (Å²) in [4.78, 5) is 10.5. The summed E-state index contributed by atoms with van der Waals surface area (Å²) in [6, 6.07) is 2.91. The van der Waals surface area contributed by atoms with E-state index in [0.29, 0.717) is 17.1 Å². The van der Waals surface area contributed by atoms with Gasteiger partial charge in [-0.25, -0.2) is 4.39 Å². The fourth-order valence-electron chi connectivity index (χ4n) is 1.71. The van der Waals surface area contributed by atoms with Crippen LogP contribution in [0.15, 0.2) is 12.1 Å². The van der Waals surface area contributed by atoms with E-state index in [1.54, 1.807) is 13.0 Å². The molecule has 1 aromatic rings. The van der Waals surface area contributed by atoms with Gasteiger partial charge in [0, 0.05) is 12.5 Å². The number of carbonyl (C=O) groups is 1. The molecule has 1 atom stereocenters. The van der Waals surface area contributed by atoms with E-state index >= 15 is 0 Å². The fraction of sp³-hybridized carbons (Fsp3) is 0.500. The van der Waals surface area contributed by atoms with Crippen molar-refractivity contribution in [2.45, 2.75) is 39.2 Å². The molecule has 0 fully saturated rings. The Balaban J connectivity index is 3.13. The summed E-state index contributed by atoms with van der Waals surface area (Å²) in [6.07, 6.45) is 1.01. The Bertz CT molecular complexity index is 416. The van der Waals surface area contributed by atoms with E-state index in [9.17, 15) is 9.18 Å². The molecule has 3 nitrogen and oxygen atoms in total. The summed E-state index contributed by atoms with van der Waals surface area (Å²) in [5.41, 5.74) is 0.468. The summed E-state index contributed by atoms with van der Waals surface area (Å²) < 4.78 is 24.6. The second-order valence-corrected chi connectivity index (χ2v) is 4.49. The summed E-state index contributed by atoms with van der Waals surface area (Å²) >= 11 is 0. The predicted molar refractivity (Wildman–Crippen MR) is 67.8 cm³/mol. The molecule has 0 saturated heterocycles. The molecule has 18 heavy (non-hydrogen) atoms. The third kappa shape index (κ3) is 3.45. The van der Waals surface area contributed by atoms with Crippen LogP contribution in [0.5, 0.6) is 11.5 Å². The van der Waals surface area contributed by atoms with Crippen molar-refractivity contribution < 1.29 is 18.7 Å². The number of benzene rings is 1. The SMILES string of the molecule is COc1cc(C(C)CC=O)c(F)cc1OC(C)C. The zero-order valence-corrected chi connectivity index (χ0v) is 11.2. The largest absolute Gasteiger partial charge is 0.493 e. The molecule has 1 unspecified atom stereocenters. The zero-order chi connectivity index (χ0) is 13.7. The van der Waals surface area contributed by atoms with Gasteiger partial charge in [-0.1, -0.05) is 6.92 Å².